The first-order valence-electron chi connectivity index (χ1n) is 6.84. The van der Waals surface area contributed by atoms with E-state index < -0.39 is 0 Å². The molecule has 2 heterocycles. The second-order valence-electron chi connectivity index (χ2n) is 5.00. The highest BCUT2D eigenvalue weighted by molar-refractivity contribution is 5.97. The fourth-order valence-electron chi connectivity index (χ4n) is 2.81. The van der Waals surface area contributed by atoms with Crippen LogP contribution in [-0.2, 0) is 0 Å². The van der Waals surface area contributed by atoms with Crippen LogP contribution < -0.4 is 0 Å². The maximum absolute atomic E-state index is 4.77. The lowest BCUT2D eigenvalue weighted by Gasteiger charge is -2.11. The number of aromatic nitrogens is 2. The summed E-state index contributed by atoms with van der Waals surface area (Å²) in [4.78, 5) is 4.77. The molecule has 2 heteroatoms. The molecule has 2 aromatic heterocycles. The molecule has 0 aliphatic heterocycles. The number of nitrogens with zero attached hydrogens (tertiary/aromatic N) is 2. The zero-order valence-corrected chi connectivity index (χ0v) is 12.1. The van der Waals surface area contributed by atoms with Crippen LogP contribution in [0.25, 0.3) is 28.6 Å². The summed E-state index contributed by atoms with van der Waals surface area (Å²) in [6.45, 7) is 10.2. The first-order chi connectivity index (χ1) is 9.69. The van der Waals surface area contributed by atoms with Crippen molar-refractivity contribution in [1.82, 2.24) is 9.38 Å². The van der Waals surface area contributed by atoms with Gasteiger partial charge in [0.25, 0.3) is 0 Å². The number of allylic oxidation sites excluding steroid dienone is 1. The maximum atomic E-state index is 4.77. The molecule has 100 valence electrons. The molecular weight excluding hydrogens is 244 g/mol. The van der Waals surface area contributed by atoms with Gasteiger partial charge >= 0.3 is 0 Å². The van der Waals surface area contributed by atoms with E-state index in [9.17, 15) is 0 Å². The summed E-state index contributed by atoms with van der Waals surface area (Å²) >= 11 is 0. The minimum absolute atomic E-state index is 0.932. The Labute approximate surface area is 119 Å². The van der Waals surface area contributed by atoms with E-state index in [0.29, 0.717) is 0 Å². The number of hydrogen-bond donors (Lipinski definition) is 0. The number of benzene rings is 1. The van der Waals surface area contributed by atoms with Crippen molar-refractivity contribution < 1.29 is 0 Å². The second-order valence-corrected chi connectivity index (χ2v) is 5.00. The summed E-state index contributed by atoms with van der Waals surface area (Å²) in [5.74, 6) is 0. The number of pyridine rings is 1. The van der Waals surface area contributed by atoms with Gasteiger partial charge in [-0.25, -0.2) is 4.98 Å². The maximum Gasteiger partial charge on any atom is 0.146 e. The molecule has 0 amide bonds. The Balaban J connectivity index is 2.62. The molecule has 0 atom stereocenters. The summed E-state index contributed by atoms with van der Waals surface area (Å²) in [7, 11) is 0. The number of imidazole rings is 1. The van der Waals surface area contributed by atoms with E-state index in [2.05, 4.69) is 55.2 Å². The Bertz CT molecular complexity index is 851. The van der Waals surface area contributed by atoms with Crippen molar-refractivity contribution >= 4 is 28.6 Å². The van der Waals surface area contributed by atoms with E-state index in [4.69, 9.17) is 4.98 Å². The van der Waals surface area contributed by atoms with Gasteiger partial charge in [-0.15, -0.1) is 0 Å². The van der Waals surface area contributed by atoms with Crippen molar-refractivity contribution in [3.63, 3.8) is 0 Å². The Kier molecular flexibility index (Phi) is 2.94. The number of aryl methyl sites for hydroxylation is 2. The Hall–Kier alpha value is -2.35. The third-order valence-corrected chi connectivity index (χ3v) is 3.91. The van der Waals surface area contributed by atoms with Gasteiger partial charge in [0.2, 0.25) is 0 Å². The summed E-state index contributed by atoms with van der Waals surface area (Å²) in [6.07, 6.45) is 5.96. The second kappa shape index (κ2) is 4.64. The molecule has 2 nitrogen and oxygen atoms in total. The van der Waals surface area contributed by atoms with Gasteiger partial charge in [-0.05, 0) is 43.9 Å². The molecule has 0 aliphatic carbocycles. The lowest BCUT2D eigenvalue weighted by atomic mass is 10.1. The monoisotopic (exact) mass is 262 g/mol. The van der Waals surface area contributed by atoms with Crippen molar-refractivity contribution in [2.24, 2.45) is 0 Å². The molecule has 0 fully saturated rings. The van der Waals surface area contributed by atoms with Crippen LogP contribution in [0.2, 0.25) is 0 Å². The molecule has 0 bridgehead atoms. The van der Waals surface area contributed by atoms with E-state index in [0.717, 1.165) is 17.0 Å². The zero-order valence-electron chi connectivity index (χ0n) is 12.1. The van der Waals surface area contributed by atoms with Gasteiger partial charge in [-0.3, -0.25) is 4.40 Å². The minimum Gasteiger partial charge on any atom is -0.296 e. The Morgan fingerprint density at radius 3 is 2.50 bits per heavy atom. The molecular formula is C18H18N2. The largest absolute Gasteiger partial charge is 0.296 e. The third-order valence-electron chi connectivity index (χ3n) is 3.91. The van der Waals surface area contributed by atoms with E-state index in [-0.39, 0.29) is 0 Å². The molecule has 20 heavy (non-hydrogen) atoms. The predicted molar refractivity (Wildman–Crippen MR) is 87.0 cm³/mol. The van der Waals surface area contributed by atoms with Crippen molar-refractivity contribution in [2.45, 2.75) is 20.8 Å². The Morgan fingerprint density at radius 2 is 1.85 bits per heavy atom. The molecule has 0 saturated carbocycles. The highest BCUT2D eigenvalue weighted by atomic mass is 15.0. The lowest BCUT2D eigenvalue weighted by Crippen LogP contribution is -1.98. The molecule has 0 unspecified atom stereocenters. The average Bonchev–Trinajstić information content (AvgIpc) is 2.84. The summed E-state index contributed by atoms with van der Waals surface area (Å²) in [5, 5.41) is 2.46. The van der Waals surface area contributed by atoms with Crippen molar-refractivity contribution in [3.05, 3.63) is 59.6 Å². The molecule has 0 N–H and O–H groups in total. The van der Waals surface area contributed by atoms with Gasteiger partial charge in [-0.2, -0.15) is 0 Å². The van der Waals surface area contributed by atoms with Gasteiger partial charge < -0.3 is 0 Å². The van der Waals surface area contributed by atoms with Crippen LogP contribution in [0, 0.1) is 13.8 Å². The molecule has 0 radical (unpaired) electrons. The first-order valence-corrected chi connectivity index (χ1v) is 6.84. The molecule has 0 spiro atoms. The fourth-order valence-corrected chi connectivity index (χ4v) is 2.81. The Morgan fingerprint density at radius 1 is 1.15 bits per heavy atom. The van der Waals surface area contributed by atoms with E-state index in [1.807, 2.05) is 19.1 Å². The van der Waals surface area contributed by atoms with Crippen LogP contribution in [0.5, 0.6) is 0 Å². The van der Waals surface area contributed by atoms with E-state index in [1.54, 1.807) is 0 Å². The minimum atomic E-state index is 0.932. The van der Waals surface area contributed by atoms with Crippen LogP contribution in [-0.4, -0.2) is 9.38 Å². The van der Waals surface area contributed by atoms with Gasteiger partial charge in [0, 0.05) is 11.1 Å². The van der Waals surface area contributed by atoms with E-state index >= 15 is 0 Å². The average molecular weight is 262 g/mol. The molecule has 3 aromatic rings. The zero-order chi connectivity index (χ0) is 14.3. The van der Waals surface area contributed by atoms with Gasteiger partial charge in [0.15, 0.2) is 0 Å². The molecule has 0 saturated heterocycles. The van der Waals surface area contributed by atoms with Crippen LogP contribution in [0.15, 0.2) is 36.9 Å². The molecule has 1 aromatic carbocycles. The van der Waals surface area contributed by atoms with Gasteiger partial charge in [0.05, 0.1) is 11.4 Å². The molecule has 3 rings (SSSR count). The van der Waals surface area contributed by atoms with Crippen molar-refractivity contribution in [3.8, 4) is 0 Å². The summed E-state index contributed by atoms with van der Waals surface area (Å²) < 4.78 is 2.23. The highest BCUT2D eigenvalue weighted by Crippen LogP contribution is 2.29. The standard InChI is InChI=1S/C18H18N2/c1-5-9-17-16(6-2)19-18-15-11-8-7-10-14(15)12(3)13(4)20(17)18/h5-11H,2H2,1,3-4H3. The van der Waals surface area contributed by atoms with Crippen LogP contribution in [0.1, 0.15) is 29.6 Å². The van der Waals surface area contributed by atoms with Crippen molar-refractivity contribution in [2.75, 3.05) is 0 Å². The lowest BCUT2D eigenvalue weighted by molar-refractivity contribution is 1.07. The third kappa shape index (κ3) is 1.61. The van der Waals surface area contributed by atoms with Crippen LogP contribution >= 0.6 is 0 Å². The first kappa shape index (κ1) is 12.7. The SMILES string of the molecule is C=Cc1nc2c3ccccc3c(C)c(C)n2c1C=CC. The van der Waals surface area contributed by atoms with Crippen LogP contribution in [0.3, 0.4) is 0 Å². The van der Waals surface area contributed by atoms with Gasteiger partial charge in [0.1, 0.15) is 5.65 Å². The van der Waals surface area contributed by atoms with E-state index in [1.165, 1.54) is 22.0 Å². The molecule has 0 aliphatic rings. The normalized spacial score (nSPS) is 11.8. The van der Waals surface area contributed by atoms with Gasteiger partial charge in [-0.1, -0.05) is 36.9 Å². The van der Waals surface area contributed by atoms with Crippen molar-refractivity contribution in [1.29, 1.82) is 0 Å². The summed E-state index contributed by atoms with van der Waals surface area (Å²) in [5.41, 5.74) is 5.57. The smallest absolute Gasteiger partial charge is 0.146 e. The number of fused-ring (bicyclic) bond motifs is 3. The fraction of sp³-hybridized carbons (Fsp3) is 0.167. The predicted octanol–water partition coefficient (Wildman–Crippen LogP) is 4.78. The summed E-state index contributed by atoms with van der Waals surface area (Å²) in [6, 6.07) is 8.44. The van der Waals surface area contributed by atoms with Crippen LogP contribution in [0.4, 0.5) is 0 Å². The topological polar surface area (TPSA) is 17.3 Å². The highest BCUT2D eigenvalue weighted by Gasteiger charge is 2.14. The number of rotatable bonds is 2. The number of hydrogen-bond acceptors (Lipinski definition) is 1. The quantitative estimate of drug-likeness (QED) is 0.649.